The third-order valence-corrected chi connectivity index (χ3v) is 3.82. The molecule has 1 fully saturated rings. The van der Waals surface area contributed by atoms with Gasteiger partial charge < -0.3 is 4.90 Å². The van der Waals surface area contributed by atoms with Gasteiger partial charge in [0.25, 0.3) is 5.91 Å². The molecule has 1 unspecified atom stereocenters. The van der Waals surface area contributed by atoms with E-state index in [0.717, 1.165) is 11.0 Å². The van der Waals surface area contributed by atoms with Crippen LogP contribution in [0.5, 0.6) is 0 Å². The first-order chi connectivity index (χ1) is 9.08. The second-order valence-electron chi connectivity index (χ2n) is 5.00. The Morgan fingerprint density at radius 2 is 2.05 bits per heavy atom. The van der Waals surface area contributed by atoms with Crippen LogP contribution in [0.15, 0.2) is 18.2 Å². The first-order valence-electron chi connectivity index (χ1n) is 6.31. The molecule has 0 radical (unpaired) electrons. The quantitative estimate of drug-likeness (QED) is 0.502. The number of carbonyl (C=O) groups is 3. The van der Waals surface area contributed by atoms with Gasteiger partial charge in [-0.2, -0.15) is 0 Å². The minimum absolute atomic E-state index is 0.117. The standard InChI is InChI=1S/C13H13BN2O3/c14-9-3-1-2-7-8(9)6-16(13(7)19)10-4-5-11(17)15-12(10)18/h1-3,10H,4-6,14H2,(H,15,17,18). The predicted molar refractivity (Wildman–Crippen MR) is 70.7 cm³/mol. The van der Waals surface area contributed by atoms with Crippen molar-refractivity contribution < 1.29 is 14.4 Å². The third kappa shape index (κ3) is 1.83. The van der Waals surface area contributed by atoms with E-state index in [1.165, 1.54) is 0 Å². The summed E-state index contributed by atoms with van der Waals surface area (Å²) >= 11 is 0. The molecular weight excluding hydrogens is 243 g/mol. The van der Waals surface area contributed by atoms with E-state index in [2.05, 4.69) is 5.32 Å². The number of hydrogen-bond acceptors (Lipinski definition) is 3. The lowest BCUT2D eigenvalue weighted by molar-refractivity contribution is -0.136. The van der Waals surface area contributed by atoms with Gasteiger partial charge in [-0.05, 0) is 18.1 Å². The summed E-state index contributed by atoms with van der Waals surface area (Å²) in [7, 11) is 1.96. The number of imide groups is 1. The zero-order chi connectivity index (χ0) is 13.6. The van der Waals surface area contributed by atoms with Crippen LogP contribution in [-0.4, -0.2) is 36.5 Å². The molecule has 3 rings (SSSR count). The molecule has 2 aliphatic heterocycles. The number of carbonyl (C=O) groups excluding carboxylic acids is 3. The Hall–Kier alpha value is -2.11. The van der Waals surface area contributed by atoms with Crippen molar-refractivity contribution >= 4 is 31.0 Å². The fourth-order valence-corrected chi connectivity index (χ4v) is 2.74. The van der Waals surface area contributed by atoms with Crippen molar-refractivity contribution in [1.29, 1.82) is 0 Å². The Morgan fingerprint density at radius 3 is 2.74 bits per heavy atom. The van der Waals surface area contributed by atoms with Crippen molar-refractivity contribution in [2.24, 2.45) is 0 Å². The van der Waals surface area contributed by atoms with Crippen LogP contribution in [0.3, 0.4) is 0 Å². The van der Waals surface area contributed by atoms with E-state index in [4.69, 9.17) is 0 Å². The lowest BCUT2D eigenvalue weighted by Crippen LogP contribution is -2.52. The summed E-state index contributed by atoms with van der Waals surface area (Å²) in [6.45, 7) is 0.452. The van der Waals surface area contributed by atoms with Crippen LogP contribution in [0, 0.1) is 0 Å². The molecular formula is C13H13BN2O3. The number of nitrogens with zero attached hydrogens (tertiary/aromatic N) is 1. The van der Waals surface area contributed by atoms with Gasteiger partial charge in [0.2, 0.25) is 11.8 Å². The summed E-state index contributed by atoms with van der Waals surface area (Å²) in [5, 5.41) is 2.30. The maximum absolute atomic E-state index is 12.3. The summed E-state index contributed by atoms with van der Waals surface area (Å²) in [5.41, 5.74) is 2.71. The van der Waals surface area contributed by atoms with Crippen LogP contribution in [-0.2, 0) is 16.1 Å². The highest BCUT2D eigenvalue weighted by Gasteiger charge is 2.39. The van der Waals surface area contributed by atoms with Gasteiger partial charge in [0.15, 0.2) is 0 Å². The number of hydrogen-bond donors (Lipinski definition) is 1. The molecule has 2 heterocycles. The number of piperidine rings is 1. The lowest BCUT2D eigenvalue weighted by atomic mass is 9.89. The van der Waals surface area contributed by atoms with Gasteiger partial charge in [0, 0.05) is 18.5 Å². The molecule has 96 valence electrons. The van der Waals surface area contributed by atoms with E-state index in [9.17, 15) is 14.4 Å². The maximum Gasteiger partial charge on any atom is 0.255 e. The average molecular weight is 256 g/mol. The van der Waals surface area contributed by atoms with Crippen LogP contribution in [0.1, 0.15) is 28.8 Å². The Kier molecular flexibility index (Phi) is 2.66. The second-order valence-corrected chi connectivity index (χ2v) is 5.00. The lowest BCUT2D eigenvalue weighted by Gasteiger charge is -2.29. The second kappa shape index (κ2) is 4.22. The van der Waals surface area contributed by atoms with Gasteiger partial charge in [-0.3, -0.25) is 19.7 Å². The first-order valence-corrected chi connectivity index (χ1v) is 6.31. The summed E-state index contributed by atoms with van der Waals surface area (Å²) in [5.74, 6) is -0.746. The molecule has 6 heteroatoms. The molecule has 3 amide bonds. The van der Waals surface area contributed by atoms with E-state index in [1.54, 1.807) is 11.0 Å². The van der Waals surface area contributed by atoms with Crippen LogP contribution >= 0.6 is 0 Å². The van der Waals surface area contributed by atoms with Gasteiger partial charge in [-0.15, -0.1) is 0 Å². The summed E-state index contributed by atoms with van der Waals surface area (Å²) in [4.78, 5) is 36.9. The predicted octanol–water partition coefficient (Wildman–Crippen LogP) is -1.29. The van der Waals surface area contributed by atoms with Gasteiger partial charge in [0.05, 0.1) is 0 Å². The number of rotatable bonds is 1. The van der Waals surface area contributed by atoms with Crippen molar-refractivity contribution in [2.45, 2.75) is 25.4 Å². The highest BCUT2D eigenvalue weighted by atomic mass is 16.2. The van der Waals surface area contributed by atoms with Crippen molar-refractivity contribution in [3.8, 4) is 0 Å². The minimum atomic E-state index is -0.531. The fraction of sp³-hybridized carbons (Fsp3) is 0.308. The van der Waals surface area contributed by atoms with Crippen LogP contribution in [0.2, 0.25) is 0 Å². The topological polar surface area (TPSA) is 66.5 Å². The molecule has 2 aliphatic rings. The Morgan fingerprint density at radius 1 is 1.26 bits per heavy atom. The Labute approximate surface area is 111 Å². The van der Waals surface area contributed by atoms with Crippen LogP contribution < -0.4 is 10.8 Å². The van der Waals surface area contributed by atoms with Gasteiger partial charge in [-0.25, -0.2) is 0 Å². The third-order valence-electron chi connectivity index (χ3n) is 3.82. The number of benzene rings is 1. The fourth-order valence-electron chi connectivity index (χ4n) is 2.74. The largest absolute Gasteiger partial charge is 0.322 e. The smallest absolute Gasteiger partial charge is 0.255 e. The van der Waals surface area contributed by atoms with E-state index < -0.39 is 6.04 Å². The molecule has 1 atom stereocenters. The molecule has 0 aromatic heterocycles. The highest BCUT2D eigenvalue weighted by Crippen LogP contribution is 2.25. The zero-order valence-corrected chi connectivity index (χ0v) is 10.6. The van der Waals surface area contributed by atoms with E-state index in [-0.39, 0.29) is 24.1 Å². The van der Waals surface area contributed by atoms with Crippen LogP contribution in [0.25, 0.3) is 0 Å². The zero-order valence-electron chi connectivity index (χ0n) is 10.6. The summed E-state index contributed by atoms with van der Waals surface area (Å²) in [6.07, 6.45) is 0.693. The van der Waals surface area contributed by atoms with Gasteiger partial charge in [-0.1, -0.05) is 17.6 Å². The Balaban J connectivity index is 1.90. The summed E-state index contributed by atoms with van der Waals surface area (Å²) < 4.78 is 0. The van der Waals surface area contributed by atoms with E-state index >= 15 is 0 Å². The molecule has 5 nitrogen and oxygen atoms in total. The van der Waals surface area contributed by atoms with Crippen LogP contribution in [0.4, 0.5) is 0 Å². The summed E-state index contributed by atoms with van der Waals surface area (Å²) in [6, 6.07) is 5.06. The number of amides is 3. The van der Waals surface area contributed by atoms with E-state index in [1.807, 2.05) is 20.0 Å². The van der Waals surface area contributed by atoms with Crippen molar-refractivity contribution in [1.82, 2.24) is 10.2 Å². The van der Waals surface area contributed by atoms with Crippen molar-refractivity contribution in [3.63, 3.8) is 0 Å². The monoisotopic (exact) mass is 256 g/mol. The molecule has 0 spiro atoms. The molecule has 19 heavy (non-hydrogen) atoms. The molecule has 1 saturated heterocycles. The normalized spacial score (nSPS) is 22.4. The SMILES string of the molecule is Bc1cccc2c1CN(C1CCC(=O)NC1=O)C2=O. The molecule has 1 aromatic carbocycles. The van der Waals surface area contributed by atoms with Crippen molar-refractivity contribution in [3.05, 3.63) is 29.3 Å². The molecule has 0 saturated carbocycles. The first kappa shape index (κ1) is 12.0. The molecule has 0 bridgehead atoms. The van der Waals surface area contributed by atoms with Crippen molar-refractivity contribution in [2.75, 3.05) is 0 Å². The maximum atomic E-state index is 12.3. The molecule has 1 aromatic rings. The average Bonchev–Trinajstić information content (AvgIpc) is 2.69. The number of fused-ring (bicyclic) bond motifs is 1. The number of nitrogens with one attached hydrogen (secondary N) is 1. The Bertz CT molecular complexity index is 600. The van der Waals surface area contributed by atoms with Gasteiger partial charge in [0.1, 0.15) is 13.9 Å². The van der Waals surface area contributed by atoms with E-state index in [0.29, 0.717) is 18.5 Å². The minimum Gasteiger partial charge on any atom is -0.322 e. The molecule has 0 aliphatic carbocycles. The molecule has 1 N–H and O–H groups in total. The van der Waals surface area contributed by atoms with Gasteiger partial charge >= 0.3 is 0 Å². The highest BCUT2D eigenvalue weighted by molar-refractivity contribution is 6.34.